The third kappa shape index (κ3) is 2.16. The van der Waals surface area contributed by atoms with Crippen LogP contribution in [0.5, 0.6) is 0 Å². The van der Waals surface area contributed by atoms with Gasteiger partial charge in [0.15, 0.2) is 0 Å². The summed E-state index contributed by atoms with van der Waals surface area (Å²) in [6.07, 6.45) is 0.185. The molecule has 0 radical (unpaired) electrons. The van der Waals surface area contributed by atoms with Gasteiger partial charge in [0.25, 0.3) is 0 Å². The van der Waals surface area contributed by atoms with Crippen LogP contribution in [0, 0.1) is 5.92 Å². The van der Waals surface area contributed by atoms with Crippen molar-refractivity contribution in [3.8, 4) is 0 Å². The monoisotopic (exact) mass is 309 g/mol. The molecule has 0 saturated carbocycles. The van der Waals surface area contributed by atoms with Crippen molar-refractivity contribution >= 4 is 39.5 Å². The molecule has 0 N–H and O–H groups in total. The molecule has 0 aliphatic carbocycles. The number of anilines is 1. The molecule has 116 valence electrons. The van der Waals surface area contributed by atoms with Gasteiger partial charge in [-0.25, -0.2) is 0 Å². The number of methoxy groups -OCH3 is 1. The Hall–Kier alpha value is -2.82. The van der Waals surface area contributed by atoms with Crippen LogP contribution in [0.3, 0.4) is 0 Å². The van der Waals surface area contributed by atoms with E-state index in [-0.39, 0.29) is 18.3 Å². The second kappa shape index (κ2) is 5.12. The van der Waals surface area contributed by atoms with Crippen molar-refractivity contribution in [3.63, 3.8) is 0 Å². The maximum absolute atomic E-state index is 12.2. The van der Waals surface area contributed by atoms with E-state index in [0.717, 1.165) is 27.6 Å². The van der Waals surface area contributed by atoms with Crippen LogP contribution >= 0.6 is 0 Å². The van der Waals surface area contributed by atoms with Crippen molar-refractivity contribution in [1.29, 1.82) is 0 Å². The first kappa shape index (κ1) is 13.8. The molecule has 2 aromatic carbocycles. The number of nitrogens with zero attached hydrogens (tertiary/aromatic N) is 1. The lowest BCUT2D eigenvalue weighted by atomic mass is 10.1. The van der Waals surface area contributed by atoms with E-state index in [1.807, 2.05) is 42.5 Å². The van der Waals surface area contributed by atoms with Gasteiger partial charge in [-0.1, -0.05) is 18.2 Å². The van der Waals surface area contributed by atoms with E-state index in [9.17, 15) is 9.59 Å². The second-order valence-corrected chi connectivity index (χ2v) is 5.71. The van der Waals surface area contributed by atoms with E-state index in [1.54, 1.807) is 4.90 Å². The number of ether oxygens (including phenoxy) is 1. The molecule has 1 atom stereocenters. The Kier molecular flexibility index (Phi) is 3.08. The Morgan fingerprint density at radius 1 is 1.17 bits per heavy atom. The predicted molar refractivity (Wildman–Crippen MR) is 86.2 cm³/mol. The number of hydrogen-bond donors (Lipinski definition) is 0. The molecule has 2 heterocycles. The number of carbonyl (C=O) groups is 2. The second-order valence-electron chi connectivity index (χ2n) is 5.71. The summed E-state index contributed by atoms with van der Waals surface area (Å²) in [5, 5.41) is 2.06. The lowest BCUT2D eigenvalue weighted by Crippen LogP contribution is -2.26. The van der Waals surface area contributed by atoms with Crippen LogP contribution in [-0.4, -0.2) is 25.5 Å². The van der Waals surface area contributed by atoms with Gasteiger partial charge in [0, 0.05) is 35.5 Å². The molecule has 5 nitrogen and oxygen atoms in total. The molecule has 1 aliphatic rings. The number of fused-ring (bicyclic) bond motifs is 3. The Balaban J connectivity index is 1.73. The Morgan fingerprint density at radius 3 is 2.78 bits per heavy atom. The predicted octanol–water partition coefficient (Wildman–Crippen LogP) is 3.11. The van der Waals surface area contributed by atoms with Crippen molar-refractivity contribution in [1.82, 2.24) is 0 Å². The fourth-order valence-electron chi connectivity index (χ4n) is 3.16. The number of furan rings is 1. The van der Waals surface area contributed by atoms with E-state index < -0.39 is 5.92 Å². The van der Waals surface area contributed by atoms with Crippen LogP contribution in [0.4, 0.5) is 5.69 Å². The molecule has 0 bridgehead atoms. The molecular weight excluding hydrogens is 294 g/mol. The quantitative estimate of drug-likeness (QED) is 0.682. The molecule has 1 fully saturated rings. The zero-order valence-corrected chi connectivity index (χ0v) is 12.6. The first-order valence-electron chi connectivity index (χ1n) is 7.47. The highest BCUT2D eigenvalue weighted by Gasteiger charge is 2.35. The van der Waals surface area contributed by atoms with Crippen molar-refractivity contribution in [2.24, 2.45) is 5.92 Å². The number of rotatable bonds is 2. The number of hydrogen-bond acceptors (Lipinski definition) is 4. The molecule has 0 spiro atoms. The van der Waals surface area contributed by atoms with E-state index in [0.29, 0.717) is 6.54 Å². The van der Waals surface area contributed by atoms with Gasteiger partial charge in [-0.2, -0.15) is 0 Å². The summed E-state index contributed by atoms with van der Waals surface area (Å²) in [6.45, 7) is 0.344. The van der Waals surface area contributed by atoms with Gasteiger partial charge in [-0.05, 0) is 18.2 Å². The third-order valence-corrected chi connectivity index (χ3v) is 4.33. The molecule has 1 saturated heterocycles. The highest BCUT2D eigenvalue weighted by atomic mass is 16.5. The maximum atomic E-state index is 12.2. The Labute approximate surface area is 132 Å². The fourth-order valence-corrected chi connectivity index (χ4v) is 3.16. The molecule has 1 aromatic heterocycles. The minimum absolute atomic E-state index is 0.0733. The summed E-state index contributed by atoms with van der Waals surface area (Å²) in [5.41, 5.74) is 2.30. The van der Waals surface area contributed by atoms with Crippen LogP contribution in [-0.2, 0) is 14.3 Å². The summed E-state index contributed by atoms with van der Waals surface area (Å²) in [6, 6.07) is 13.5. The topological polar surface area (TPSA) is 59.8 Å². The van der Waals surface area contributed by atoms with Crippen molar-refractivity contribution in [3.05, 3.63) is 42.5 Å². The lowest BCUT2D eigenvalue weighted by Gasteiger charge is -2.16. The van der Waals surface area contributed by atoms with Gasteiger partial charge in [-0.15, -0.1) is 0 Å². The number of para-hydroxylation sites is 1. The number of amides is 1. The Morgan fingerprint density at radius 2 is 1.96 bits per heavy atom. The number of carbonyl (C=O) groups excluding carboxylic acids is 2. The van der Waals surface area contributed by atoms with Crippen LogP contribution < -0.4 is 4.90 Å². The molecule has 4 rings (SSSR count). The largest absolute Gasteiger partial charge is 0.469 e. The van der Waals surface area contributed by atoms with Crippen LogP contribution in [0.15, 0.2) is 46.9 Å². The lowest BCUT2D eigenvalue weighted by molar-refractivity contribution is -0.145. The molecule has 3 aromatic rings. The zero-order chi connectivity index (χ0) is 16.0. The highest BCUT2D eigenvalue weighted by Crippen LogP contribution is 2.33. The molecule has 1 aliphatic heterocycles. The van der Waals surface area contributed by atoms with Crippen LogP contribution in [0.2, 0.25) is 0 Å². The van der Waals surface area contributed by atoms with Gasteiger partial charge in [0.05, 0.1) is 13.0 Å². The van der Waals surface area contributed by atoms with E-state index in [4.69, 9.17) is 9.15 Å². The normalized spacial score (nSPS) is 18.0. The summed E-state index contributed by atoms with van der Waals surface area (Å²) >= 11 is 0. The van der Waals surface area contributed by atoms with Crippen molar-refractivity contribution < 1.29 is 18.7 Å². The average molecular weight is 309 g/mol. The third-order valence-electron chi connectivity index (χ3n) is 4.33. The molecule has 1 amide bonds. The number of esters is 1. The molecular formula is C18H15NO4. The van der Waals surface area contributed by atoms with E-state index in [2.05, 4.69) is 0 Å². The first-order valence-corrected chi connectivity index (χ1v) is 7.47. The Bertz CT molecular complexity index is 927. The summed E-state index contributed by atoms with van der Waals surface area (Å²) in [5.74, 6) is -0.819. The minimum Gasteiger partial charge on any atom is -0.469 e. The van der Waals surface area contributed by atoms with Gasteiger partial charge in [0.2, 0.25) is 5.91 Å². The van der Waals surface area contributed by atoms with Crippen molar-refractivity contribution in [2.45, 2.75) is 6.42 Å². The standard InChI is InChI=1S/C18H15NO4/c1-22-18(21)11-8-17(20)19(10-11)12-6-7-14-13-4-2-3-5-15(13)23-16(14)9-12/h2-7,9,11H,8,10H2,1H3/t11-/m1/s1. The van der Waals surface area contributed by atoms with Gasteiger partial charge in [-0.3, -0.25) is 9.59 Å². The van der Waals surface area contributed by atoms with Crippen molar-refractivity contribution in [2.75, 3.05) is 18.6 Å². The minimum atomic E-state index is -0.404. The average Bonchev–Trinajstić information content (AvgIpc) is 3.13. The smallest absolute Gasteiger partial charge is 0.311 e. The van der Waals surface area contributed by atoms with E-state index >= 15 is 0 Å². The molecule has 5 heteroatoms. The maximum Gasteiger partial charge on any atom is 0.311 e. The van der Waals surface area contributed by atoms with E-state index in [1.165, 1.54) is 7.11 Å². The molecule has 23 heavy (non-hydrogen) atoms. The SMILES string of the molecule is COC(=O)[C@@H]1CC(=O)N(c2ccc3c(c2)oc2ccccc23)C1. The van der Waals surface area contributed by atoms with Gasteiger partial charge < -0.3 is 14.1 Å². The van der Waals surface area contributed by atoms with Crippen LogP contribution in [0.1, 0.15) is 6.42 Å². The summed E-state index contributed by atoms with van der Waals surface area (Å²) in [4.78, 5) is 25.5. The fraction of sp³-hybridized carbons (Fsp3) is 0.222. The van der Waals surface area contributed by atoms with Gasteiger partial charge >= 0.3 is 5.97 Å². The summed E-state index contributed by atoms with van der Waals surface area (Å²) in [7, 11) is 1.34. The highest BCUT2D eigenvalue weighted by molar-refractivity contribution is 6.07. The summed E-state index contributed by atoms with van der Waals surface area (Å²) < 4.78 is 10.6. The number of benzene rings is 2. The van der Waals surface area contributed by atoms with Gasteiger partial charge in [0.1, 0.15) is 11.2 Å². The van der Waals surface area contributed by atoms with Crippen LogP contribution in [0.25, 0.3) is 21.9 Å². The molecule has 0 unspecified atom stereocenters. The zero-order valence-electron chi connectivity index (χ0n) is 12.6. The first-order chi connectivity index (χ1) is 11.2.